The molecular weight excluding hydrogens is 445 g/mol. The molecule has 0 saturated carbocycles. The fourth-order valence-electron chi connectivity index (χ4n) is 4.18. The zero-order valence-corrected chi connectivity index (χ0v) is 21.0. The highest BCUT2D eigenvalue weighted by Crippen LogP contribution is 2.27. The quantitative estimate of drug-likeness (QED) is 0.405. The Balaban J connectivity index is 1.72. The first-order chi connectivity index (χ1) is 16.7. The van der Waals surface area contributed by atoms with Gasteiger partial charge in [0, 0.05) is 32.4 Å². The number of fused-ring (bicyclic) bond motifs is 1. The number of carbonyl (C=O) groups is 2. The van der Waals surface area contributed by atoms with Gasteiger partial charge in [-0.25, -0.2) is 14.2 Å². The molecule has 7 nitrogen and oxygen atoms in total. The third-order valence-electron chi connectivity index (χ3n) is 6.26. The van der Waals surface area contributed by atoms with Crippen LogP contribution >= 0.6 is 0 Å². The van der Waals surface area contributed by atoms with E-state index in [1.165, 1.54) is 12.1 Å². The Morgan fingerprint density at radius 1 is 1.14 bits per heavy atom. The average Bonchev–Trinajstić information content (AvgIpc) is 3.24. The van der Waals surface area contributed by atoms with Crippen molar-refractivity contribution in [1.29, 1.82) is 0 Å². The Bertz CT molecular complexity index is 1110. The lowest BCUT2D eigenvalue weighted by Crippen LogP contribution is -2.48. The van der Waals surface area contributed by atoms with E-state index in [0.29, 0.717) is 36.9 Å². The molecule has 8 heteroatoms. The van der Waals surface area contributed by atoms with Crippen LogP contribution in [0.25, 0.3) is 4.85 Å². The van der Waals surface area contributed by atoms with Crippen LogP contribution in [0.4, 0.5) is 15.8 Å². The number of aryl methyl sites for hydroxylation is 1. The third-order valence-corrected chi connectivity index (χ3v) is 6.26. The number of benzene rings is 2. The largest absolute Gasteiger partial charge is 0.355 e. The highest BCUT2D eigenvalue weighted by atomic mass is 19.1. The fourth-order valence-corrected chi connectivity index (χ4v) is 4.18. The maximum absolute atomic E-state index is 13.6. The van der Waals surface area contributed by atoms with Gasteiger partial charge in [-0.15, -0.1) is 0 Å². The summed E-state index contributed by atoms with van der Waals surface area (Å²) in [6.45, 7) is 15.1. The van der Waals surface area contributed by atoms with Crippen LogP contribution in [0.1, 0.15) is 43.4 Å². The van der Waals surface area contributed by atoms with Gasteiger partial charge >= 0.3 is 0 Å². The van der Waals surface area contributed by atoms with Gasteiger partial charge in [-0.3, -0.25) is 14.6 Å². The minimum absolute atomic E-state index is 0.00892. The van der Waals surface area contributed by atoms with Crippen LogP contribution in [0.15, 0.2) is 36.4 Å². The number of amides is 2. The molecule has 1 N–H and O–H groups in total. The van der Waals surface area contributed by atoms with Crippen molar-refractivity contribution < 1.29 is 14.0 Å². The summed E-state index contributed by atoms with van der Waals surface area (Å²) in [5, 5.41) is 6.35. The van der Waals surface area contributed by atoms with E-state index in [9.17, 15) is 14.0 Å². The van der Waals surface area contributed by atoms with Crippen molar-refractivity contribution >= 4 is 23.2 Å². The van der Waals surface area contributed by atoms with Crippen LogP contribution < -0.4 is 10.2 Å². The molecule has 2 aromatic carbocycles. The van der Waals surface area contributed by atoms with Crippen molar-refractivity contribution in [2.45, 2.75) is 46.7 Å². The number of hydrogen-bond acceptors (Lipinski definition) is 4. The molecule has 2 aromatic rings. The van der Waals surface area contributed by atoms with Crippen LogP contribution in [-0.2, 0) is 22.7 Å². The monoisotopic (exact) mass is 479 g/mol. The Kier molecular flexibility index (Phi) is 8.83. The number of carbonyl (C=O) groups excluding carboxylic acids is 2. The highest BCUT2D eigenvalue weighted by Gasteiger charge is 2.27. The van der Waals surface area contributed by atoms with Gasteiger partial charge in [-0.1, -0.05) is 32.0 Å². The zero-order valence-electron chi connectivity index (χ0n) is 21.0. The number of likely N-dealkylation sites (N-methyl/N-ethyl adjacent to an activating group) is 1. The van der Waals surface area contributed by atoms with Crippen molar-refractivity contribution in [2.24, 2.45) is 5.92 Å². The van der Waals surface area contributed by atoms with Gasteiger partial charge in [0.15, 0.2) is 5.69 Å². The lowest BCUT2D eigenvalue weighted by atomic mass is 10.1. The van der Waals surface area contributed by atoms with Gasteiger partial charge in [0.25, 0.3) is 5.91 Å². The normalized spacial score (nSPS) is 12.8. The highest BCUT2D eigenvalue weighted by molar-refractivity contribution is 5.87. The van der Waals surface area contributed by atoms with Crippen molar-refractivity contribution in [3.8, 4) is 0 Å². The summed E-state index contributed by atoms with van der Waals surface area (Å²) in [5.74, 6) is -0.0801. The second kappa shape index (κ2) is 11.8. The van der Waals surface area contributed by atoms with Crippen LogP contribution in [0.5, 0.6) is 0 Å². The van der Waals surface area contributed by atoms with E-state index < -0.39 is 0 Å². The second-order valence-corrected chi connectivity index (χ2v) is 9.48. The van der Waals surface area contributed by atoms with E-state index in [4.69, 9.17) is 6.57 Å². The number of nitrogens with one attached hydrogen (secondary N) is 1. The van der Waals surface area contributed by atoms with Gasteiger partial charge < -0.3 is 10.2 Å². The molecule has 0 radical (unpaired) electrons. The third kappa shape index (κ3) is 7.03. The molecule has 0 atom stereocenters. The average molecular weight is 480 g/mol. The minimum Gasteiger partial charge on any atom is -0.355 e. The summed E-state index contributed by atoms with van der Waals surface area (Å²) >= 11 is 0. The molecule has 0 spiro atoms. The maximum Gasteiger partial charge on any atom is 0.256 e. The number of anilines is 1. The molecule has 1 heterocycles. The molecule has 0 saturated heterocycles. The van der Waals surface area contributed by atoms with Crippen LogP contribution in [0, 0.1) is 25.2 Å². The van der Waals surface area contributed by atoms with Gasteiger partial charge in [0.05, 0.1) is 19.7 Å². The van der Waals surface area contributed by atoms with E-state index in [1.807, 2.05) is 18.0 Å². The summed E-state index contributed by atoms with van der Waals surface area (Å²) in [5.41, 5.74) is 3.87. The van der Waals surface area contributed by atoms with E-state index in [0.717, 1.165) is 29.5 Å². The SMILES string of the molecule is [C-]#[N+]c1ccc(C)c(N(CC(=O)NCCCC(C)C)CC(=O)N(C)N2Cc3ccc(F)cc3C2)c1. The number of halogens is 1. The number of rotatable bonds is 10. The van der Waals surface area contributed by atoms with Gasteiger partial charge in [0.1, 0.15) is 5.82 Å². The predicted molar refractivity (Wildman–Crippen MR) is 135 cm³/mol. The first-order valence-electron chi connectivity index (χ1n) is 12.0. The molecule has 1 aliphatic rings. The van der Waals surface area contributed by atoms with Gasteiger partial charge in [-0.05, 0) is 60.6 Å². The van der Waals surface area contributed by atoms with Crippen LogP contribution in [0.2, 0.25) is 0 Å². The second-order valence-electron chi connectivity index (χ2n) is 9.48. The van der Waals surface area contributed by atoms with Gasteiger partial charge in [-0.2, -0.15) is 0 Å². The lowest BCUT2D eigenvalue weighted by Gasteiger charge is -2.32. The lowest BCUT2D eigenvalue weighted by molar-refractivity contribution is -0.145. The Morgan fingerprint density at radius 2 is 1.89 bits per heavy atom. The minimum atomic E-state index is -0.291. The van der Waals surface area contributed by atoms with E-state index in [-0.39, 0.29) is 30.7 Å². The topological polar surface area (TPSA) is 60.3 Å². The van der Waals surface area contributed by atoms with Crippen LogP contribution in [0.3, 0.4) is 0 Å². The molecule has 186 valence electrons. The Morgan fingerprint density at radius 3 is 2.60 bits per heavy atom. The summed E-state index contributed by atoms with van der Waals surface area (Å²) < 4.78 is 13.6. The summed E-state index contributed by atoms with van der Waals surface area (Å²) in [7, 11) is 1.69. The maximum atomic E-state index is 13.6. The summed E-state index contributed by atoms with van der Waals surface area (Å²) in [6, 6.07) is 9.95. The summed E-state index contributed by atoms with van der Waals surface area (Å²) in [4.78, 5) is 31.3. The first-order valence-corrected chi connectivity index (χ1v) is 12.0. The van der Waals surface area contributed by atoms with Crippen molar-refractivity contribution in [1.82, 2.24) is 15.3 Å². The fraction of sp³-hybridized carbons (Fsp3) is 0.444. The first kappa shape index (κ1) is 26.2. The Labute approximate surface area is 207 Å². The molecule has 2 amide bonds. The molecule has 35 heavy (non-hydrogen) atoms. The number of hydrogen-bond donors (Lipinski definition) is 1. The van der Waals surface area contributed by atoms with E-state index in [2.05, 4.69) is 24.0 Å². The summed E-state index contributed by atoms with van der Waals surface area (Å²) in [6.07, 6.45) is 1.93. The molecule has 0 unspecified atom stereocenters. The zero-order chi connectivity index (χ0) is 25.5. The molecule has 1 aliphatic heterocycles. The standard InChI is InChI=1S/C27H34FN5O2/c1-19(2)7-6-12-30-26(34)17-32(25-14-24(29-4)11-8-20(25)3)18-27(35)31(5)33-15-21-9-10-23(28)13-22(21)16-33/h8-11,13-14,19H,6-7,12,15-18H2,1-3,5H3,(H,30,34). The van der Waals surface area contributed by atoms with Crippen molar-refractivity contribution in [3.63, 3.8) is 0 Å². The smallest absolute Gasteiger partial charge is 0.256 e. The number of hydrazine groups is 1. The van der Waals surface area contributed by atoms with Crippen molar-refractivity contribution in [3.05, 3.63) is 70.3 Å². The molecular formula is C27H34FN5O2. The molecule has 0 bridgehead atoms. The predicted octanol–water partition coefficient (Wildman–Crippen LogP) is 4.43. The number of nitrogens with zero attached hydrogens (tertiary/aromatic N) is 4. The van der Waals surface area contributed by atoms with E-state index >= 15 is 0 Å². The molecule has 3 rings (SSSR count). The molecule has 0 aliphatic carbocycles. The van der Waals surface area contributed by atoms with Crippen LogP contribution in [-0.4, -0.2) is 48.5 Å². The van der Waals surface area contributed by atoms with Gasteiger partial charge in [0.2, 0.25) is 5.91 Å². The molecule has 0 aromatic heterocycles. The molecule has 0 fully saturated rings. The van der Waals surface area contributed by atoms with Crippen molar-refractivity contribution in [2.75, 3.05) is 31.6 Å². The Hall–Kier alpha value is -3.44. The van der Waals surface area contributed by atoms with E-state index in [1.54, 1.807) is 35.2 Å².